The van der Waals surface area contributed by atoms with Gasteiger partial charge >= 0.3 is 0 Å². The lowest BCUT2D eigenvalue weighted by atomic mass is 9.95. The molecule has 0 saturated carbocycles. The Balaban J connectivity index is 1.49. The molecule has 0 N–H and O–H groups in total. The molecule has 0 unspecified atom stereocenters. The second-order valence-corrected chi connectivity index (χ2v) is 8.64. The largest absolute Gasteiger partial charge is 0.298 e. The molecule has 0 spiro atoms. The van der Waals surface area contributed by atoms with Crippen molar-refractivity contribution in [1.29, 1.82) is 0 Å². The molecule has 0 aliphatic heterocycles. The number of nitrogens with zero attached hydrogens (tertiary/aromatic N) is 3. The van der Waals surface area contributed by atoms with Crippen LogP contribution in [0.4, 0.5) is 0 Å². The van der Waals surface area contributed by atoms with Crippen molar-refractivity contribution >= 4 is 27.5 Å². The Hall–Kier alpha value is -3.98. The molecule has 3 aromatic heterocycles. The Labute approximate surface area is 178 Å². The van der Waals surface area contributed by atoms with Gasteiger partial charge in [0.15, 0.2) is 0 Å². The molecule has 6 aromatic rings. The van der Waals surface area contributed by atoms with Crippen LogP contribution < -0.4 is 0 Å². The van der Waals surface area contributed by atoms with Gasteiger partial charge in [0.05, 0.1) is 11.0 Å². The van der Waals surface area contributed by atoms with Crippen LogP contribution in [0, 0.1) is 0 Å². The molecule has 2 aliphatic carbocycles. The van der Waals surface area contributed by atoms with Crippen LogP contribution in [0.3, 0.4) is 0 Å². The van der Waals surface area contributed by atoms with E-state index in [9.17, 15) is 0 Å². The molecule has 3 heteroatoms. The number of rotatable bonds is 0. The molecule has 144 valence electrons. The highest BCUT2D eigenvalue weighted by Gasteiger charge is 2.30. The number of imidazole rings is 1. The summed E-state index contributed by atoms with van der Waals surface area (Å²) in [5.41, 5.74) is 14.5. The molecule has 3 heterocycles. The van der Waals surface area contributed by atoms with E-state index < -0.39 is 0 Å². The van der Waals surface area contributed by atoms with E-state index in [1.165, 1.54) is 55.3 Å². The summed E-state index contributed by atoms with van der Waals surface area (Å²) >= 11 is 0. The number of aromatic nitrogens is 3. The first-order valence-electron chi connectivity index (χ1n) is 10.8. The summed E-state index contributed by atoms with van der Waals surface area (Å²) in [6.07, 6.45) is 7.82. The van der Waals surface area contributed by atoms with Gasteiger partial charge in [-0.2, -0.15) is 0 Å². The standard InChI is InChI=1S/C28H17N3/c1-2-5-18-16(4-1)14-17-7-8-19-20-9-10-21-26(23(20)15-22(19)25(17)18)28-30-12-13-31(28)24-6-3-11-29-27(21)24/h1-13H,14-15H2. The van der Waals surface area contributed by atoms with E-state index in [4.69, 9.17) is 9.97 Å². The summed E-state index contributed by atoms with van der Waals surface area (Å²) in [5.74, 6) is 0. The molecule has 0 atom stereocenters. The molecular weight excluding hydrogens is 378 g/mol. The second-order valence-electron chi connectivity index (χ2n) is 8.64. The maximum Gasteiger partial charge on any atom is 0.145 e. The minimum Gasteiger partial charge on any atom is -0.298 e. The zero-order valence-electron chi connectivity index (χ0n) is 16.8. The second kappa shape index (κ2) is 5.38. The van der Waals surface area contributed by atoms with Gasteiger partial charge in [0.1, 0.15) is 5.65 Å². The molecule has 3 nitrogen and oxygen atoms in total. The molecule has 0 amide bonds. The first-order chi connectivity index (χ1) is 15.4. The van der Waals surface area contributed by atoms with Crippen molar-refractivity contribution < 1.29 is 0 Å². The number of hydrogen-bond donors (Lipinski definition) is 0. The molecule has 0 radical (unpaired) electrons. The van der Waals surface area contributed by atoms with Crippen molar-refractivity contribution in [3.05, 3.63) is 102 Å². The van der Waals surface area contributed by atoms with Crippen LogP contribution in [0.2, 0.25) is 0 Å². The number of fused-ring (bicyclic) bond motifs is 14. The Morgan fingerprint density at radius 3 is 2.58 bits per heavy atom. The topological polar surface area (TPSA) is 30.2 Å². The lowest BCUT2D eigenvalue weighted by Crippen LogP contribution is -1.95. The zero-order chi connectivity index (χ0) is 20.1. The van der Waals surface area contributed by atoms with E-state index in [0.29, 0.717) is 0 Å². The van der Waals surface area contributed by atoms with Crippen molar-refractivity contribution in [1.82, 2.24) is 14.4 Å². The van der Waals surface area contributed by atoms with Gasteiger partial charge in [0.2, 0.25) is 0 Å². The summed E-state index contributed by atoms with van der Waals surface area (Å²) < 4.78 is 2.19. The maximum atomic E-state index is 4.78. The van der Waals surface area contributed by atoms with Crippen molar-refractivity contribution in [3.8, 4) is 22.3 Å². The summed E-state index contributed by atoms with van der Waals surface area (Å²) in [6.45, 7) is 0. The molecule has 0 fully saturated rings. The van der Waals surface area contributed by atoms with E-state index in [1.807, 2.05) is 24.7 Å². The highest BCUT2D eigenvalue weighted by molar-refractivity contribution is 6.14. The van der Waals surface area contributed by atoms with Crippen LogP contribution in [0.15, 0.2) is 79.3 Å². The maximum absolute atomic E-state index is 4.78. The molecule has 0 bridgehead atoms. The fourth-order valence-electron chi connectivity index (χ4n) is 5.93. The van der Waals surface area contributed by atoms with Gasteiger partial charge < -0.3 is 0 Å². The lowest BCUT2D eigenvalue weighted by molar-refractivity contribution is 1.23. The van der Waals surface area contributed by atoms with Gasteiger partial charge in [-0.25, -0.2) is 4.98 Å². The third-order valence-electron chi connectivity index (χ3n) is 7.19. The van der Waals surface area contributed by atoms with Crippen molar-refractivity contribution in [2.45, 2.75) is 12.8 Å². The van der Waals surface area contributed by atoms with E-state index >= 15 is 0 Å². The summed E-state index contributed by atoms with van der Waals surface area (Å²) in [4.78, 5) is 9.53. The van der Waals surface area contributed by atoms with Crippen molar-refractivity contribution in [2.75, 3.05) is 0 Å². The van der Waals surface area contributed by atoms with Gasteiger partial charge in [0.25, 0.3) is 0 Å². The summed E-state index contributed by atoms with van der Waals surface area (Å²) in [5, 5.41) is 2.43. The van der Waals surface area contributed by atoms with Gasteiger partial charge in [-0.3, -0.25) is 9.38 Å². The van der Waals surface area contributed by atoms with E-state index in [-0.39, 0.29) is 0 Å². The fourth-order valence-corrected chi connectivity index (χ4v) is 5.93. The third kappa shape index (κ3) is 1.85. The number of benzene rings is 3. The van der Waals surface area contributed by atoms with Crippen molar-refractivity contribution in [3.63, 3.8) is 0 Å². The normalized spacial score (nSPS) is 13.5. The summed E-state index contributed by atoms with van der Waals surface area (Å²) in [7, 11) is 0. The quantitative estimate of drug-likeness (QED) is 0.287. The molecule has 3 aromatic carbocycles. The highest BCUT2D eigenvalue weighted by Crippen LogP contribution is 2.49. The van der Waals surface area contributed by atoms with Crippen LogP contribution in [-0.2, 0) is 12.8 Å². The monoisotopic (exact) mass is 395 g/mol. The van der Waals surface area contributed by atoms with Gasteiger partial charge in [-0.15, -0.1) is 0 Å². The highest BCUT2D eigenvalue weighted by atomic mass is 15.0. The van der Waals surface area contributed by atoms with E-state index in [2.05, 4.69) is 59.0 Å². The smallest absolute Gasteiger partial charge is 0.145 e. The average molecular weight is 395 g/mol. The Morgan fingerprint density at radius 1 is 0.677 bits per heavy atom. The number of hydrogen-bond acceptors (Lipinski definition) is 2. The van der Waals surface area contributed by atoms with Crippen LogP contribution >= 0.6 is 0 Å². The van der Waals surface area contributed by atoms with Crippen LogP contribution in [-0.4, -0.2) is 14.4 Å². The van der Waals surface area contributed by atoms with Gasteiger partial charge in [-0.05, 0) is 63.1 Å². The Morgan fingerprint density at radius 2 is 1.58 bits per heavy atom. The molecule has 31 heavy (non-hydrogen) atoms. The van der Waals surface area contributed by atoms with Crippen molar-refractivity contribution in [2.24, 2.45) is 0 Å². The lowest BCUT2D eigenvalue weighted by Gasteiger charge is -2.11. The minimum atomic E-state index is 0.945. The molecule has 8 rings (SSSR count). The average Bonchev–Trinajstić information content (AvgIpc) is 3.53. The molecule has 0 saturated heterocycles. The molecular formula is C28H17N3. The van der Waals surface area contributed by atoms with Crippen LogP contribution in [0.1, 0.15) is 22.3 Å². The summed E-state index contributed by atoms with van der Waals surface area (Å²) in [6, 6.07) is 22.2. The molecule has 2 aliphatic rings. The fraction of sp³-hybridized carbons (Fsp3) is 0.0714. The first-order valence-corrected chi connectivity index (χ1v) is 10.8. The number of pyridine rings is 2. The Bertz CT molecular complexity index is 1740. The van der Waals surface area contributed by atoms with Crippen LogP contribution in [0.25, 0.3) is 49.7 Å². The minimum absolute atomic E-state index is 0.945. The third-order valence-corrected chi connectivity index (χ3v) is 7.19. The predicted octanol–water partition coefficient (Wildman–Crippen LogP) is 6.18. The predicted molar refractivity (Wildman–Crippen MR) is 124 cm³/mol. The van der Waals surface area contributed by atoms with E-state index in [0.717, 1.165) is 29.5 Å². The van der Waals surface area contributed by atoms with E-state index in [1.54, 1.807) is 0 Å². The SMILES string of the molecule is c1ccc2c(c1)Cc1ccc3c(c1-2)Cc1c-3ccc2c3ncccc3n3ccnc3c12. The van der Waals surface area contributed by atoms with Crippen LogP contribution in [0.5, 0.6) is 0 Å². The Kier molecular flexibility index (Phi) is 2.74. The van der Waals surface area contributed by atoms with Gasteiger partial charge in [-0.1, -0.05) is 48.5 Å². The zero-order valence-corrected chi connectivity index (χ0v) is 16.8. The van der Waals surface area contributed by atoms with Gasteiger partial charge in [0, 0.05) is 35.8 Å². The first kappa shape index (κ1) is 15.8.